The zero-order chi connectivity index (χ0) is 11.7. The minimum absolute atomic E-state index is 0.583. The summed E-state index contributed by atoms with van der Waals surface area (Å²) in [5, 5.41) is 0. The molecule has 0 saturated heterocycles. The highest BCUT2D eigenvalue weighted by Gasteiger charge is 2.16. The van der Waals surface area contributed by atoms with Crippen LogP contribution in [-0.2, 0) is 0 Å². The average Bonchev–Trinajstić information content (AvgIpc) is 2.16. The lowest BCUT2D eigenvalue weighted by atomic mass is 9.81. The van der Waals surface area contributed by atoms with Gasteiger partial charge in [-0.25, -0.2) is 0 Å². The van der Waals surface area contributed by atoms with E-state index in [4.69, 9.17) is 0 Å². The van der Waals surface area contributed by atoms with Crippen molar-refractivity contribution in [2.75, 3.05) is 0 Å². The van der Waals surface area contributed by atoms with Gasteiger partial charge >= 0.3 is 0 Å². The van der Waals surface area contributed by atoms with Crippen LogP contribution in [0.15, 0.2) is 0 Å². The van der Waals surface area contributed by atoms with Gasteiger partial charge in [0.2, 0.25) is 0 Å². The topological polar surface area (TPSA) is 0 Å². The lowest BCUT2D eigenvalue weighted by Gasteiger charge is -2.25. The van der Waals surface area contributed by atoms with Gasteiger partial charge in [-0.3, -0.25) is 0 Å². The quantitative estimate of drug-likeness (QED) is 0.452. The summed E-state index contributed by atoms with van der Waals surface area (Å²) in [5.41, 5.74) is 0.583. The van der Waals surface area contributed by atoms with Crippen molar-refractivity contribution in [1.82, 2.24) is 0 Å². The Labute approximate surface area is 97.8 Å². The van der Waals surface area contributed by atoms with Crippen LogP contribution in [0.2, 0.25) is 0 Å². The molecule has 0 rings (SSSR count). The van der Waals surface area contributed by atoms with Crippen LogP contribution in [0.5, 0.6) is 0 Å². The molecule has 92 valence electrons. The predicted molar refractivity (Wildman–Crippen MR) is 71.2 cm³/mol. The van der Waals surface area contributed by atoms with Crippen LogP contribution in [-0.4, -0.2) is 0 Å². The summed E-state index contributed by atoms with van der Waals surface area (Å²) in [6.45, 7) is 11.8. The monoisotopic (exact) mass is 212 g/mol. The zero-order valence-corrected chi connectivity index (χ0v) is 11.7. The van der Waals surface area contributed by atoms with Crippen molar-refractivity contribution in [2.45, 2.75) is 86.0 Å². The Bertz CT molecular complexity index is 135. The first kappa shape index (κ1) is 15.0. The molecule has 1 unspecified atom stereocenters. The third-order valence-corrected chi connectivity index (χ3v) is 3.67. The molecule has 1 atom stereocenters. The fourth-order valence-corrected chi connectivity index (χ4v) is 2.63. The van der Waals surface area contributed by atoms with Crippen LogP contribution in [0.25, 0.3) is 0 Å². The normalized spacial score (nSPS) is 14.2. The molecule has 0 nitrogen and oxygen atoms in total. The lowest BCUT2D eigenvalue weighted by molar-refractivity contribution is 0.277. The fourth-order valence-electron chi connectivity index (χ4n) is 2.63. The number of rotatable bonds is 9. The van der Waals surface area contributed by atoms with Gasteiger partial charge in [0.25, 0.3) is 0 Å². The summed E-state index contributed by atoms with van der Waals surface area (Å²) in [6, 6.07) is 0. The Kier molecular flexibility index (Phi) is 8.19. The first-order chi connectivity index (χ1) is 7.05. The maximum Gasteiger partial charge on any atom is -0.0354 e. The minimum Gasteiger partial charge on any atom is -0.0654 e. The van der Waals surface area contributed by atoms with Gasteiger partial charge in [-0.15, -0.1) is 0 Å². The van der Waals surface area contributed by atoms with Gasteiger partial charge in [-0.1, -0.05) is 73.1 Å². The largest absolute Gasteiger partial charge is 0.0654 e. The van der Waals surface area contributed by atoms with Crippen LogP contribution in [0.4, 0.5) is 0 Å². The van der Waals surface area contributed by atoms with Crippen LogP contribution in [0.1, 0.15) is 86.0 Å². The van der Waals surface area contributed by atoms with Crippen molar-refractivity contribution >= 4 is 0 Å². The van der Waals surface area contributed by atoms with Crippen LogP contribution < -0.4 is 0 Å². The minimum atomic E-state index is 0.583. The molecule has 0 bridgehead atoms. The summed E-state index contributed by atoms with van der Waals surface area (Å²) < 4.78 is 0. The van der Waals surface area contributed by atoms with E-state index in [0.29, 0.717) is 5.41 Å². The van der Waals surface area contributed by atoms with Gasteiger partial charge in [0.15, 0.2) is 0 Å². The van der Waals surface area contributed by atoms with Gasteiger partial charge in [-0.2, -0.15) is 0 Å². The molecule has 0 amide bonds. The maximum absolute atomic E-state index is 2.43. The van der Waals surface area contributed by atoms with Crippen molar-refractivity contribution in [3.05, 3.63) is 0 Å². The standard InChI is InChI=1S/C15H32/c1-6-10-14(8-3)11-9-13-15(4,5)12-7-2/h14H,6-13H2,1-5H3. The third kappa shape index (κ3) is 7.88. The summed E-state index contributed by atoms with van der Waals surface area (Å²) >= 11 is 0. The molecular formula is C15H32. The average molecular weight is 212 g/mol. The van der Waals surface area contributed by atoms with E-state index in [1.54, 1.807) is 0 Å². The van der Waals surface area contributed by atoms with E-state index >= 15 is 0 Å². The first-order valence-corrected chi connectivity index (χ1v) is 7.05. The Morgan fingerprint density at radius 2 is 1.53 bits per heavy atom. The molecule has 0 heteroatoms. The van der Waals surface area contributed by atoms with Crippen molar-refractivity contribution in [2.24, 2.45) is 11.3 Å². The van der Waals surface area contributed by atoms with E-state index in [1.807, 2.05) is 0 Å². The van der Waals surface area contributed by atoms with Crippen molar-refractivity contribution < 1.29 is 0 Å². The Hall–Kier alpha value is 0. The van der Waals surface area contributed by atoms with E-state index in [2.05, 4.69) is 34.6 Å². The molecule has 0 saturated carbocycles. The molecule has 0 aromatic rings. The highest BCUT2D eigenvalue weighted by atomic mass is 14.2. The molecule has 0 aliphatic heterocycles. The van der Waals surface area contributed by atoms with Crippen LogP contribution >= 0.6 is 0 Å². The van der Waals surface area contributed by atoms with E-state index in [1.165, 1.54) is 51.4 Å². The van der Waals surface area contributed by atoms with Gasteiger partial charge in [-0.05, 0) is 24.2 Å². The number of hydrogen-bond donors (Lipinski definition) is 0. The smallest absolute Gasteiger partial charge is 0.0354 e. The van der Waals surface area contributed by atoms with Crippen molar-refractivity contribution in [1.29, 1.82) is 0 Å². The highest BCUT2D eigenvalue weighted by Crippen LogP contribution is 2.30. The first-order valence-electron chi connectivity index (χ1n) is 7.05. The van der Waals surface area contributed by atoms with Crippen molar-refractivity contribution in [3.63, 3.8) is 0 Å². The molecule has 0 radical (unpaired) electrons. The van der Waals surface area contributed by atoms with Crippen LogP contribution in [0, 0.1) is 11.3 Å². The molecule has 0 aromatic heterocycles. The fraction of sp³-hybridized carbons (Fsp3) is 1.00. The van der Waals surface area contributed by atoms with E-state index < -0.39 is 0 Å². The Balaban J connectivity index is 3.66. The summed E-state index contributed by atoms with van der Waals surface area (Å²) in [4.78, 5) is 0. The summed E-state index contributed by atoms with van der Waals surface area (Å²) in [7, 11) is 0. The summed E-state index contributed by atoms with van der Waals surface area (Å²) in [6.07, 6.45) is 11.2. The molecule has 15 heavy (non-hydrogen) atoms. The highest BCUT2D eigenvalue weighted by molar-refractivity contribution is 4.69. The SMILES string of the molecule is CCCC(CC)CCCC(C)(C)CCC. The van der Waals surface area contributed by atoms with E-state index in [0.717, 1.165) is 5.92 Å². The Morgan fingerprint density at radius 1 is 0.867 bits per heavy atom. The molecule has 0 fully saturated rings. The second kappa shape index (κ2) is 8.19. The Morgan fingerprint density at radius 3 is 2.00 bits per heavy atom. The summed E-state index contributed by atoms with van der Waals surface area (Å²) in [5.74, 6) is 0.993. The second-order valence-corrected chi connectivity index (χ2v) is 5.87. The van der Waals surface area contributed by atoms with E-state index in [-0.39, 0.29) is 0 Å². The molecule has 0 N–H and O–H groups in total. The molecular weight excluding hydrogens is 180 g/mol. The zero-order valence-electron chi connectivity index (χ0n) is 11.7. The molecule has 0 spiro atoms. The third-order valence-electron chi connectivity index (χ3n) is 3.67. The molecule has 0 aliphatic rings. The van der Waals surface area contributed by atoms with Crippen LogP contribution in [0.3, 0.4) is 0 Å². The van der Waals surface area contributed by atoms with E-state index in [9.17, 15) is 0 Å². The van der Waals surface area contributed by atoms with Gasteiger partial charge in [0, 0.05) is 0 Å². The number of hydrogen-bond acceptors (Lipinski definition) is 0. The predicted octanol–water partition coefficient (Wildman–Crippen LogP) is 5.81. The van der Waals surface area contributed by atoms with Gasteiger partial charge in [0.05, 0.1) is 0 Å². The molecule has 0 heterocycles. The molecule has 0 aliphatic carbocycles. The van der Waals surface area contributed by atoms with Gasteiger partial charge in [0.1, 0.15) is 0 Å². The molecule has 0 aromatic carbocycles. The lowest BCUT2D eigenvalue weighted by Crippen LogP contribution is -2.11. The van der Waals surface area contributed by atoms with Gasteiger partial charge < -0.3 is 0 Å². The van der Waals surface area contributed by atoms with Crippen molar-refractivity contribution in [3.8, 4) is 0 Å². The second-order valence-electron chi connectivity index (χ2n) is 5.87. The maximum atomic E-state index is 2.43.